The Kier molecular flexibility index (Phi) is 6.22. The van der Waals surface area contributed by atoms with Crippen molar-refractivity contribution in [3.8, 4) is 0 Å². The molecule has 1 saturated heterocycles. The monoisotopic (exact) mass is 424 g/mol. The number of morpholine rings is 1. The number of anilines is 1. The molecule has 0 radical (unpaired) electrons. The molecule has 4 rings (SSSR count). The van der Waals surface area contributed by atoms with Gasteiger partial charge in [0.15, 0.2) is 0 Å². The number of hydrogen-bond donors (Lipinski definition) is 3. The van der Waals surface area contributed by atoms with E-state index in [2.05, 4.69) is 15.2 Å². The van der Waals surface area contributed by atoms with Gasteiger partial charge in [-0.2, -0.15) is 0 Å². The second-order valence-corrected chi connectivity index (χ2v) is 8.02. The van der Waals surface area contributed by atoms with Crippen LogP contribution >= 0.6 is 0 Å². The van der Waals surface area contributed by atoms with Crippen LogP contribution < -0.4 is 10.2 Å². The van der Waals surface area contributed by atoms with Gasteiger partial charge in [-0.3, -0.25) is 9.69 Å². The molecule has 1 fully saturated rings. The van der Waals surface area contributed by atoms with Crippen molar-refractivity contribution in [2.24, 2.45) is 0 Å². The molecule has 0 aliphatic carbocycles. The number of aliphatic hydroxyl groups excluding tert-OH is 1. The first-order valence-corrected chi connectivity index (χ1v) is 10.5. The second kappa shape index (κ2) is 9.05. The molecule has 3 N–H and O–H groups in total. The van der Waals surface area contributed by atoms with E-state index in [-0.39, 0.29) is 12.5 Å². The van der Waals surface area contributed by atoms with Crippen LogP contribution in [-0.4, -0.2) is 72.4 Å². The Morgan fingerprint density at radius 2 is 2.03 bits per heavy atom. The number of aromatic amines is 1. The maximum absolute atomic E-state index is 13.2. The molecule has 2 aliphatic heterocycles. The lowest BCUT2D eigenvalue weighted by Crippen LogP contribution is -2.48. The largest absolute Gasteiger partial charge is 0.390 e. The lowest BCUT2D eigenvalue weighted by Gasteiger charge is -2.28. The molecule has 1 atom stereocenters. The highest BCUT2D eigenvalue weighted by Gasteiger charge is 2.36. The maximum Gasteiger partial charge on any atom is 0.329 e. The van der Waals surface area contributed by atoms with Gasteiger partial charge in [0, 0.05) is 43.1 Å². The number of aryl methyl sites for hydroxylation is 2. The highest BCUT2D eigenvalue weighted by molar-refractivity contribution is 6.41. The minimum absolute atomic E-state index is 0.0656. The average molecular weight is 425 g/mol. The molecule has 8 nitrogen and oxygen atoms in total. The minimum Gasteiger partial charge on any atom is -0.390 e. The third kappa shape index (κ3) is 4.56. The fraction of sp³-hybridized carbons (Fsp3) is 0.391. The van der Waals surface area contributed by atoms with Crippen molar-refractivity contribution in [2.45, 2.75) is 20.0 Å². The van der Waals surface area contributed by atoms with Crippen molar-refractivity contribution in [3.05, 3.63) is 52.8 Å². The number of urea groups is 1. The Bertz CT molecular complexity index is 1010. The minimum atomic E-state index is -0.727. The number of aliphatic hydroxyl groups is 1. The van der Waals surface area contributed by atoms with E-state index in [0.29, 0.717) is 36.6 Å². The van der Waals surface area contributed by atoms with Crippen molar-refractivity contribution in [1.29, 1.82) is 0 Å². The summed E-state index contributed by atoms with van der Waals surface area (Å²) < 4.78 is 5.31. The van der Waals surface area contributed by atoms with Crippen molar-refractivity contribution in [3.63, 3.8) is 0 Å². The quantitative estimate of drug-likeness (QED) is 0.637. The van der Waals surface area contributed by atoms with E-state index in [4.69, 9.17) is 4.74 Å². The first kappa shape index (κ1) is 21.3. The standard InChI is InChI=1S/C23H28N4O4/c1-15-11-16(2)25-20(15)12-19-18-5-3-4-6-21(18)27(22(19)29)23(30)24-13-17(28)14-26-7-9-31-10-8-26/h3-6,11-12,17,25,28H,7-10,13-14H2,1-2H3,(H,24,30)/b19-12-. The molecular weight excluding hydrogens is 396 g/mol. The Balaban J connectivity index is 1.48. The molecule has 3 amide bonds. The van der Waals surface area contributed by atoms with Crippen molar-refractivity contribution in [2.75, 3.05) is 44.3 Å². The molecule has 1 aromatic heterocycles. The van der Waals surface area contributed by atoms with Crippen LogP contribution in [0.1, 0.15) is 22.5 Å². The van der Waals surface area contributed by atoms with E-state index in [9.17, 15) is 14.7 Å². The first-order valence-electron chi connectivity index (χ1n) is 10.5. The molecule has 0 spiro atoms. The lowest BCUT2D eigenvalue weighted by molar-refractivity contribution is -0.112. The number of H-pyrrole nitrogens is 1. The number of benzene rings is 1. The van der Waals surface area contributed by atoms with E-state index in [1.54, 1.807) is 18.2 Å². The fourth-order valence-corrected chi connectivity index (χ4v) is 4.06. The fourth-order valence-electron chi connectivity index (χ4n) is 4.06. The number of amides is 3. The SMILES string of the molecule is Cc1cc(C)c(/C=C2\C(=O)N(C(=O)NCC(O)CN3CCOCC3)c3ccccc32)[nH]1. The van der Waals surface area contributed by atoms with Gasteiger partial charge < -0.3 is 20.1 Å². The van der Waals surface area contributed by atoms with Gasteiger partial charge in [-0.1, -0.05) is 18.2 Å². The highest BCUT2D eigenvalue weighted by Crippen LogP contribution is 2.37. The Morgan fingerprint density at radius 1 is 1.29 bits per heavy atom. The van der Waals surface area contributed by atoms with Crippen LogP contribution in [0.5, 0.6) is 0 Å². The third-order valence-corrected chi connectivity index (χ3v) is 5.61. The number of nitrogens with one attached hydrogen (secondary N) is 2. The molecule has 31 heavy (non-hydrogen) atoms. The van der Waals surface area contributed by atoms with E-state index in [0.717, 1.165) is 34.9 Å². The summed E-state index contributed by atoms with van der Waals surface area (Å²) in [6.07, 6.45) is 1.07. The van der Waals surface area contributed by atoms with Gasteiger partial charge in [0.05, 0.1) is 30.6 Å². The van der Waals surface area contributed by atoms with Crippen molar-refractivity contribution in [1.82, 2.24) is 15.2 Å². The number of ether oxygens (including phenoxy) is 1. The number of nitrogens with zero attached hydrogens (tertiary/aromatic N) is 2. The number of aromatic nitrogens is 1. The van der Waals surface area contributed by atoms with Crippen LogP contribution in [0.3, 0.4) is 0 Å². The molecule has 2 aliphatic rings. The van der Waals surface area contributed by atoms with Gasteiger partial charge in [-0.05, 0) is 37.6 Å². The Labute approximate surface area is 181 Å². The van der Waals surface area contributed by atoms with Gasteiger partial charge >= 0.3 is 6.03 Å². The van der Waals surface area contributed by atoms with Crippen LogP contribution in [0.25, 0.3) is 11.6 Å². The smallest absolute Gasteiger partial charge is 0.329 e. The van der Waals surface area contributed by atoms with E-state index < -0.39 is 12.1 Å². The van der Waals surface area contributed by atoms with E-state index in [1.165, 1.54) is 0 Å². The van der Waals surface area contributed by atoms with E-state index in [1.807, 2.05) is 32.0 Å². The predicted octanol–water partition coefficient (Wildman–Crippen LogP) is 1.92. The summed E-state index contributed by atoms with van der Waals surface area (Å²) in [6.45, 7) is 7.26. The molecule has 2 aromatic rings. The number of imide groups is 1. The molecule has 3 heterocycles. The number of fused-ring (bicyclic) bond motifs is 1. The van der Waals surface area contributed by atoms with Gasteiger partial charge in [0.25, 0.3) is 5.91 Å². The van der Waals surface area contributed by atoms with Gasteiger partial charge in [0.1, 0.15) is 0 Å². The molecule has 1 unspecified atom stereocenters. The summed E-state index contributed by atoms with van der Waals surface area (Å²) in [5.41, 5.74) is 4.60. The normalized spacial score (nSPS) is 19.0. The number of para-hydroxylation sites is 1. The first-order chi connectivity index (χ1) is 14.9. The summed E-state index contributed by atoms with van der Waals surface area (Å²) in [5.74, 6) is -0.381. The number of carbonyl (C=O) groups is 2. The Morgan fingerprint density at radius 3 is 2.74 bits per heavy atom. The van der Waals surface area contributed by atoms with Crippen LogP contribution in [0, 0.1) is 13.8 Å². The molecule has 0 bridgehead atoms. The molecule has 1 aromatic carbocycles. The maximum atomic E-state index is 13.2. The molecule has 0 saturated carbocycles. The van der Waals surface area contributed by atoms with E-state index >= 15 is 0 Å². The van der Waals surface area contributed by atoms with Gasteiger partial charge in [0.2, 0.25) is 0 Å². The van der Waals surface area contributed by atoms with Crippen LogP contribution in [0.4, 0.5) is 10.5 Å². The molecule has 164 valence electrons. The Hall–Kier alpha value is -2.94. The van der Waals surface area contributed by atoms with Crippen molar-refractivity contribution >= 4 is 29.3 Å². The van der Waals surface area contributed by atoms with Gasteiger partial charge in [-0.25, -0.2) is 9.69 Å². The number of β-amino-alcohol motifs (C(OH)–C–C–N with tert-alkyl or cyclic N) is 1. The van der Waals surface area contributed by atoms with Crippen LogP contribution in [0.2, 0.25) is 0 Å². The summed E-state index contributed by atoms with van der Waals surface area (Å²) in [5, 5.41) is 13.0. The van der Waals surface area contributed by atoms with Gasteiger partial charge in [-0.15, -0.1) is 0 Å². The second-order valence-electron chi connectivity index (χ2n) is 8.02. The topological polar surface area (TPSA) is 97.9 Å². The molecule has 8 heteroatoms. The predicted molar refractivity (Wildman–Crippen MR) is 119 cm³/mol. The summed E-state index contributed by atoms with van der Waals surface area (Å²) >= 11 is 0. The third-order valence-electron chi connectivity index (χ3n) is 5.61. The highest BCUT2D eigenvalue weighted by atomic mass is 16.5. The van der Waals surface area contributed by atoms with Crippen molar-refractivity contribution < 1.29 is 19.4 Å². The van der Waals surface area contributed by atoms with Crippen LogP contribution in [-0.2, 0) is 9.53 Å². The number of hydrogen-bond acceptors (Lipinski definition) is 5. The summed E-state index contributed by atoms with van der Waals surface area (Å²) in [6, 6.07) is 8.71. The summed E-state index contributed by atoms with van der Waals surface area (Å²) in [7, 11) is 0. The molecular formula is C23H28N4O4. The lowest BCUT2D eigenvalue weighted by atomic mass is 10.1. The average Bonchev–Trinajstić information content (AvgIpc) is 3.22. The number of carbonyl (C=O) groups excluding carboxylic acids is 2. The zero-order valence-corrected chi connectivity index (χ0v) is 17.9. The van der Waals surface area contributed by atoms with Crippen LogP contribution in [0.15, 0.2) is 30.3 Å². The number of rotatable bonds is 5. The summed E-state index contributed by atoms with van der Waals surface area (Å²) in [4.78, 5) is 32.6. The zero-order chi connectivity index (χ0) is 22.0. The zero-order valence-electron chi connectivity index (χ0n) is 17.9.